The van der Waals surface area contributed by atoms with Crippen molar-refractivity contribution in [2.75, 3.05) is 6.54 Å². The zero-order valence-electron chi connectivity index (χ0n) is 81.1. The largest absolute Gasteiger partial charge is 0.508 e. The number of carbonyl (C=O) groups is 20. The van der Waals surface area contributed by atoms with E-state index in [0.717, 1.165) is 0 Å². The van der Waals surface area contributed by atoms with Gasteiger partial charge in [-0.05, 0) is 193 Å². The number of benzene rings is 3. The Morgan fingerprint density at radius 2 is 1.07 bits per heavy atom. The molecule has 0 saturated heterocycles. The third-order valence-corrected chi connectivity index (χ3v) is 23.1. The van der Waals surface area contributed by atoms with E-state index in [4.69, 9.17) is 5.73 Å². The van der Waals surface area contributed by atoms with Gasteiger partial charge < -0.3 is 100 Å². The number of Topliss-reactive ketones (excluding diaryl/α,β-unsaturated/α-hetero) is 5. The fraction of sp³-hybridized carbons (Fsp3) is 0.546. The van der Waals surface area contributed by atoms with E-state index in [1.165, 1.54) is 107 Å². The second kappa shape index (κ2) is 55.5. The SMILES string of the molecule is CC(=O)N[C@@H](CC(C)C)C(=O)N[C@H](C(=O)N[C@@H](Cc1ccccc1)C(=O)N[C@]1(C)CCCCC#CC#CCCC[C@@](C)(C(=O)NC(C)C(=O)N[C@@H](C)C(=O)NC(C)C(=O)N[C@@H](C)C(=O)C(=O)[C@H](C)NN[C@H](C)C(C)=O)NC(=O)[C@H](CC(C)C)CN[C@@H](CCC(N)=O)C(=O)C(=O)C(C)NC(=O)[C@H](Cc2c[nH]c3ccccc23)NC(=O)C(Cc2ccc(O)cc2)NC(=O)[C@H](CCC(=O)O)NC1=O)[C@@H](C)O. The first-order valence-corrected chi connectivity index (χ1v) is 46.2. The van der Waals surface area contributed by atoms with Gasteiger partial charge in [-0.25, -0.2) is 10.9 Å². The number of carbonyl (C=O) groups excluding carboxylic acids is 19. The molecule has 0 bridgehead atoms. The van der Waals surface area contributed by atoms with E-state index in [1.54, 1.807) is 88.5 Å². The van der Waals surface area contributed by atoms with Crippen LogP contribution in [0.25, 0.3) is 10.9 Å². The summed E-state index contributed by atoms with van der Waals surface area (Å²) >= 11 is 0. The molecule has 0 fully saturated rings. The van der Waals surface area contributed by atoms with Crippen molar-refractivity contribution in [2.45, 2.75) is 315 Å². The van der Waals surface area contributed by atoms with Crippen molar-refractivity contribution >= 4 is 128 Å². The minimum absolute atomic E-state index is 0.0249. The molecule has 0 radical (unpaired) electrons. The van der Waals surface area contributed by atoms with Crippen LogP contribution < -0.4 is 91.0 Å². The third-order valence-electron chi connectivity index (χ3n) is 23.1. The highest BCUT2D eigenvalue weighted by atomic mass is 16.4. The van der Waals surface area contributed by atoms with Gasteiger partial charge in [-0.2, -0.15) is 0 Å². The summed E-state index contributed by atoms with van der Waals surface area (Å²) in [6.45, 7) is 22.3. The molecular formula is C97H136N18O23. The average Bonchev–Trinajstić information content (AvgIpc) is 1.72. The quantitative estimate of drug-likeness (QED) is 0.0156. The summed E-state index contributed by atoms with van der Waals surface area (Å²) in [7, 11) is 0. The van der Waals surface area contributed by atoms with E-state index in [9.17, 15) is 82.4 Å². The van der Waals surface area contributed by atoms with Gasteiger partial charge in [0.2, 0.25) is 106 Å². The Kier molecular flexibility index (Phi) is 46.2. The maximum Gasteiger partial charge on any atom is 0.303 e. The van der Waals surface area contributed by atoms with Gasteiger partial charge in [-0.1, -0.05) is 100 Å². The summed E-state index contributed by atoms with van der Waals surface area (Å²) in [5.41, 5.74) is 8.55. The van der Waals surface area contributed by atoms with Crippen molar-refractivity contribution < 1.29 is 111 Å². The molecule has 752 valence electrons. The number of para-hydroxylation sites is 1. The molecule has 1 aliphatic heterocycles. The number of H-pyrrole nitrogens is 1. The Morgan fingerprint density at radius 1 is 0.522 bits per heavy atom. The number of rotatable bonds is 39. The van der Waals surface area contributed by atoms with Crippen LogP contribution >= 0.6 is 0 Å². The number of nitrogens with two attached hydrogens (primary N) is 1. The monoisotopic (exact) mass is 1920 g/mol. The number of phenolic OH excluding ortho intramolecular Hbond substituents is 1. The number of hydrogen-bond acceptors (Lipinski definition) is 25. The van der Waals surface area contributed by atoms with Gasteiger partial charge in [0.05, 0.1) is 42.2 Å². The number of aromatic amines is 1. The molecule has 0 spiro atoms. The molecule has 14 amide bonds. The molecule has 41 nitrogen and oxygen atoms in total. The smallest absolute Gasteiger partial charge is 0.303 e. The highest BCUT2D eigenvalue weighted by Crippen LogP contribution is 2.25. The first-order valence-electron chi connectivity index (χ1n) is 46.2. The number of aliphatic carboxylic acids is 1. The number of carboxylic acids is 1. The lowest BCUT2D eigenvalue weighted by molar-refractivity contribution is -0.140. The van der Waals surface area contributed by atoms with Crippen molar-refractivity contribution in [1.82, 2.24) is 90.3 Å². The molecule has 5 rings (SSSR count). The van der Waals surface area contributed by atoms with Crippen LogP contribution in [0.4, 0.5) is 0 Å². The number of aromatic nitrogens is 1. The Hall–Kier alpha value is -13.6. The number of carboxylic acid groups (broad SMARTS) is 1. The van der Waals surface area contributed by atoms with Gasteiger partial charge in [0.25, 0.3) is 0 Å². The summed E-state index contributed by atoms with van der Waals surface area (Å²) < 4.78 is 0. The maximum atomic E-state index is 15.5. The number of aromatic hydroxyl groups is 1. The van der Waals surface area contributed by atoms with E-state index in [0.29, 0.717) is 27.6 Å². The molecule has 0 aliphatic carbocycles. The number of hydrazine groups is 1. The van der Waals surface area contributed by atoms with Crippen LogP contribution in [0.1, 0.15) is 211 Å². The number of primary amides is 1. The van der Waals surface area contributed by atoms with Crippen molar-refractivity contribution in [3.63, 3.8) is 0 Å². The summed E-state index contributed by atoms with van der Waals surface area (Å²) in [5, 5.41) is 68.8. The molecule has 4 unspecified atom stereocenters. The maximum absolute atomic E-state index is 15.5. The first-order chi connectivity index (χ1) is 64.8. The Bertz CT molecular complexity index is 5150. The topological polar surface area (TPSA) is 636 Å². The second-order valence-electron chi connectivity index (χ2n) is 36.4. The van der Waals surface area contributed by atoms with Crippen LogP contribution in [0.2, 0.25) is 0 Å². The highest BCUT2D eigenvalue weighted by molar-refractivity contribution is 6.41. The zero-order valence-corrected chi connectivity index (χ0v) is 81.1. The van der Waals surface area contributed by atoms with Gasteiger partial charge in [-0.3, -0.25) is 95.9 Å². The van der Waals surface area contributed by atoms with E-state index in [2.05, 4.69) is 114 Å². The Morgan fingerprint density at radius 3 is 1.65 bits per heavy atom. The van der Waals surface area contributed by atoms with Crippen LogP contribution in [-0.4, -0.2) is 246 Å². The van der Waals surface area contributed by atoms with Crippen LogP contribution in [0.15, 0.2) is 85.1 Å². The minimum Gasteiger partial charge on any atom is -0.508 e. The lowest BCUT2D eigenvalue weighted by Gasteiger charge is -2.34. The predicted octanol–water partition coefficient (Wildman–Crippen LogP) is -0.231. The van der Waals surface area contributed by atoms with Gasteiger partial charge in [0.1, 0.15) is 77.0 Å². The van der Waals surface area contributed by atoms with Gasteiger partial charge in [-0.15, -0.1) is 0 Å². The fourth-order valence-electron chi connectivity index (χ4n) is 14.8. The molecule has 3 aromatic carbocycles. The minimum atomic E-state index is -2.14. The number of hydrogen-bond donors (Lipinski definition) is 21. The number of fused-ring (bicyclic) bond motifs is 1. The van der Waals surface area contributed by atoms with Crippen LogP contribution in [-0.2, 0) is 115 Å². The second-order valence-corrected chi connectivity index (χ2v) is 36.4. The molecule has 2 heterocycles. The molecular weight excluding hydrogens is 1790 g/mol. The molecule has 1 aromatic heterocycles. The van der Waals surface area contributed by atoms with Gasteiger partial charge in [0.15, 0.2) is 0 Å². The molecule has 1 aliphatic rings. The number of nitrogens with one attached hydrogen (secondary N) is 17. The van der Waals surface area contributed by atoms with E-state index < -0.39 is 258 Å². The number of phenols is 1. The number of aliphatic hydroxyl groups is 1. The standard InChI is InChI=1S/C97H136N18O23/c1-52(2)45-67-51-100-71(39-41-77(98)120)83(126)81(124)56(7)102-89(132)76(49-66-50-99-70-34-28-27-33-69(66)70)108-90(133)74(48-65-35-37-68(119)38-36-65)107-88(131)72(40-42-78(121)122)110-95(138)97(16,113-92(135)75(47-64-31-25-24-26-32-64)109-93(136)79(62(13)117)111-91(134)73(46-53(3)4)106-63(14)118)44-30-23-21-19-17-18-20-22-29-43-96(15,112-87(67)130)94(137)105-60(11)86(129)104-59(10)85(128)103-58(9)84(127)101-55(6)80(123)82(125)57(8)115-114-54(5)61(12)116/h24-28,31-38,50,52-60,62,67,71-76,79,99-100,114-115,117,119H,21-23,29-30,39-49,51H2,1-16H3,(H2,98,120)(H,101,127)(H,102,132)(H,103,128)(H,104,129)(H,105,137)(H,106,118)(H,107,131)(H,108,133)(H,109,136)(H,110,138)(H,111,134)(H,112,130)(H,113,135)(H,121,122)/t54-,55+,56?,57+,58?,59+,60?,62-,67-,71+,72+,73+,74?,75+,76+,79+,96+,97-/m1/s1. The normalized spacial score (nSPS) is 21.5. The summed E-state index contributed by atoms with van der Waals surface area (Å²) in [6.07, 6.45) is -3.39. The summed E-state index contributed by atoms with van der Waals surface area (Å²) in [5.74, 6) is -9.68. The third kappa shape index (κ3) is 37.8. The predicted molar refractivity (Wildman–Crippen MR) is 507 cm³/mol. The molecule has 22 N–H and O–H groups in total. The van der Waals surface area contributed by atoms with Gasteiger partial charge in [0, 0.05) is 75.5 Å². The van der Waals surface area contributed by atoms with Crippen molar-refractivity contribution in [3.05, 3.63) is 102 Å². The number of ketones is 5. The molecule has 0 saturated carbocycles. The van der Waals surface area contributed by atoms with Gasteiger partial charge >= 0.3 is 5.97 Å². The van der Waals surface area contributed by atoms with Crippen LogP contribution in [0.5, 0.6) is 5.75 Å². The molecule has 4 aromatic rings. The fourth-order valence-corrected chi connectivity index (χ4v) is 14.8. The van der Waals surface area contributed by atoms with Crippen molar-refractivity contribution in [2.24, 2.45) is 23.5 Å². The van der Waals surface area contributed by atoms with Crippen LogP contribution in [0.3, 0.4) is 0 Å². The van der Waals surface area contributed by atoms with E-state index in [-0.39, 0.29) is 94.0 Å². The number of amides is 14. The van der Waals surface area contributed by atoms with Crippen molar-refractivity contribution in [1.29, 1.82) is 0 Å². The van der Waals surface area contributed by atoms with Crippen LogP contribution in [0, 0.1) is 41.4 Å². The summed E-state index contributed by atoms with van der Waals surface area (Å²) in [4.78, 5) is 283. The van der Waals surface area contributed by atoms with E-state index in [1.807, 2.05) is 0 Å². The lowest BCUT2D eigenvalue weighted by atomic mass is 9.89. The molecule has 41 heteroatoms. The highest BCUT2D eigenvalue weighted by Gasteiger charge is 2.44. The number of aliphatic hydroxyl groups excluding tert-OH is 1. The average molecular weight is 1920 g/mol. The first kappa shape index (κ1) is 115. The molecule has 18 atom stereocenters. The van der Waals surface area contributed by atoms with Crippen molar-refractivity contribution in [3.8, 4) is 29.4 Å². The zero-order chi connectivity index (χ0) is 103. The van der Waals surface area contributed by atoms with E-state index >= 15 is 28.8 Å². The Balaban J connectivity index is 1.61. The lowest BCUT2D eigenvalue weighted by Crippen LogP contribution is -2.65. The summed E-state index contributed by atoms with van der Waals surface area (Å²) in [6, 6.07) is -0.00807. The molecule has 138 heavy (non-hydrogen) atoms. The Labute approximate surface area is 802 Å².